The molecular formula is C18H24N4O7. The van der Waals surface area contributed by atoms with Crippen molar-refractivity contribution in [1.29, 1.82) is 5.26 Å². The number of nitriles is 1. The van der Waals surface area contributed by atoms with Gasteiger partial charge in [0.25, 0.3) is 0 Å². The molecule has 11 nitrogen and oxygen atoms in total. The van der Waals surface area contributed by atoms with Gasteiger partial charge in [0, 0.05) is 19.3 Å². The molecular weight excluding hydrogens is 384 g/mol. The molecule has 1 fully saturated rings. The van der Waals surface area contributed by atoms with Crippen molar-refractivity contribution in [2.24, 2.45) is 0 Å². The molecule has 0 amide bonds. The fourth-order valence-electron chi connectivity index (χ4n) is 2.74. The van der Waals surface area contributed by atoms with Gasteiger partial charge in [0.2, 0.25) is 0 Å². The first kappa shape index (κ1) is 22.2. The molecule has 0 radical (unpaired) electrons. The zero-order chi connectivity index (χ0) is 21.6. The molecule has 1 saturated heterocycles. The molecule has 0 aromatic carbocycles. The summed E-state index contributed by atoms with van der Waals surface area (Å²) in [7, 11) is 0. The second-order valence-corrected chi connectivity index (χ2v) is 6.22. The minimum Gasteiger partial charge on any atom is -0.463 e. The maximum atomic E-state index is 12.0. The van der Waals surface area contributed by atoms with Crippen molar-refractivity contribution in [1.82, 2.24) is 9.55 Å². The molecule has 1 aromatic rings. The first-order valence-electron chi connectivity index (χ1n) is 9.28. The van der Waals surface area contributed by atoms with Gasteiger partial charge in [0.15, 0.2) is 24.1 Å². The monoisotopic (exact) mass is 408 g/mol. The highest BCUT2D eigenvalue weighted by molar-refractivity contribution is 5.70. The van der Waals surface area contributed by atoms with Gasteiger partial charge in [-0.15, -0.1) is 0 Å². The number of imidazole rings is 1. The topological polar surface area (TPSA) is 156 Å². The van der Waals surface area contributed by atoms with Crippen LogP contribution in [0.5, 0.6) is 0 Å². The predicted octanol–water partition coefficient (Wildman–Crippen LogP) is 0.831. The van der Waals surface area contributed by atoms with Crippen LogP contribution in [0, 0.1) is 11.3 Å². The lowest BCUT2D eigenvalue weighted by molar-refractivity contribution is -0.169. The molecule has 0 saturated carbocycles. The van der Waals surface area contributed by atoms with E-state index in [-0.39, 0.29) is 37.4 Å². The number of aromatic nitrogens is 2. The van der Waals surface area contributed by atoms with E-state index in [1.54, 1.807) is 20.8 Å². The molecule has 4 atom stereocenters. The van der Waals surface area contributed by atoms with Gasteiger partial charge in [-0.1, -0.05) is 20.8 Å². The highest BCUT2D eigenvalue weighted by atomic mass is 16.7. The van der Waals surface area contributed by atoms with Crippen molar-refractivity contribution in [3.8, 4) is 6.07 Å². The normalized spacial score (nSPS) is 23.2. The summed E-state index contributed by atoms with van der Waals surface area (Å²) in [6, 6.07) is 1.84. The average Bonchev–Trinajstić information content (AvgIpc) is 3.25. The summed E-state index contributed by atoms with van der Waals surface area (Å²) in [6.07, 6.45) is -2.47. The Labute approximate surface area is 167 Å². The Morgan fingerprint density at radius 1 is 1.14 bits per heavy atom. The summed E-state index contributed by atoms with van der Waals surface area (Å²) >= 11 is 0. The summed E-state index contributed by atoms with van der Waals surface area (Å²) in [5, 5.41) is 9.09. The molecule has 0 spiro atoms. The van der Waals surface area contributed by atoms with Crippen molar-refractivity contribution in [2.75, 3.05) is 12.3 Å². The summed E-state index contributed by atoms with van der Waals surface area (Å²) in [5.41, 5.74) is 5.92. The number of nitrogens with two attached hydrogens (primary N) is 1. The van der Waals surface area contributed by atoms with Crippen molar-refractivity contribution in [3.05, 3.63) is 12.0 Å². The highest BCUT2D eigenvalue weighted by Gasteiger charge is 2.51. The van der Waals surface area contributed by atoms with Gasteiger partial charge in [-0.25, -0.2) is 4.98 Å². The summed E-state index contributed by atoms with van der Waals surface area (Å²) < 4.78 is 23.3. The summed E-state index contributed by atoms with van der Waals surface area (Å²) in [4.78, 5) is 39.4. The van der Waals surface area contributed by atoms with Gasteiger partial charge in [0.1, 0.15) is 30.9 Å². The zero-order valence-corrected chi connectivity index (χ0v) is 16.5. The van der Waals surface area contributed by atoms with E-state index in [1.807, 2.05) is 6.07 Å². The predicted molar refractivity (Wildman–Crippen MR) is 96.9 cm³/mol. The maximum Gasteiger partial charge on any atom is 0.306 e. The Morgan fingerprint density at radius 2 is 1.72 bits per heavy atom. The van der Waals surface area contributed by atoms with Crippen LogP contribution in [0.3, 0.4) is 0 Å². The first-order valence-corrected chi connectivity index (χ1v) is 9.28. The molecule has 1 aliphatic rings. The van der Waals surface area contributed by atoms with Gasteiger partial charge in [0.05, 0.1) is 0 Å². The van der Waals surface area contributed by atoms with Crippen LogP contribution >= 0.6 is 0 Å². The number of carbonyl (C=O) groups excluding carboxylic acids is 3. The van der Waals surface area contributed by atoms with E-state index in [4.69, 9.17) is 29.9 Å². The lowest BCUT2D eigenvalue weighted by Gasteiger charge is -2.24. The molecule has 2 rings (SSSR count). The molecule has 11 heteroatoms. The summed E-state index contributed by atoms with van der Waals surface area (Å²) in [6.45, 7) is 4.64. The minimum atomic E-state index is -1.08. The Bertz CT molecular complexity index is 801. The van der Waals surface area contributed by atoms with Gasteiger partial charge in [-0.2, -0.15) is 5.26 Å². The van der Waals surface area contributed by atoms with Crippen LogP contribution in [0.2, 0.25) is 0 Å². The minimum absolute atomic E-state index is 0.00168. The van der Waals surface area contributed by atoms with Crippen LogP contribution < -0.4 is 5.73 Å². The number of nitrogens with zero attached hydrogens (tertiary/aromatic N) is 3. The molecule has 1 aromatic heterocycles. The summed E-state index contributed by atoms with van der Waals surface area (Å²) in [5.74, 6) is -1.55. The van der Waals surface area contributed by atoms with E-state index < -0.39 is 42.4 Å². The third kappa shape index (κ3) is 5.03. The number of carbonyl (C=O) groups is 3. The van der Waals surface area contributed by atoms with E-state index in [0.717, 1.165) is 0 Å². The number of hydrogen-bond acceptors (Lipinski definition) is 10. The fourth-order valence-corrected chi connectivity index (χ4v) is 2.74. The second kappa shape index (κ2) is 9.88. The third-order valence-electron chi connectivity index (χ3n) is 4.31. The van der Waals surface area contributed by atoms with Crippen LogP contribution in [0.25, 0.3) is 0 Å². The number of ether oxygens (including phenoxy) is 4. The average molecular weight is 408 g/mol. The van der Waals surface area contributed by atoms with E-state index in [9.17, 15) is 14.4 Å². The number of esters is 3. The van der Waals surface area contributed by atoms with E-state index in [2.05, 4.69) is 4.98 Å². The van der Waals surface area contributed by atoms with Gasteiger partial charge >= 0.3 is 17.9 Å². The van der Waals surface area contributed by atoms with Crippen molar-refractivity contribution in [3.63, 3.8) is 0 Å². The fraction of sp³-hybridized carbons (Fsp3) is 0.611. The Hall–Kier alpha value is -3.13. The van der Waals surface area contributed by atoms with Crippen molar-refractivity contribution >= 4 is 23.7 Å². The number of hydrogen-bond donors (Lipinski definition) is 1. The molecule has 0 aliphatic carbocycles. The second-order valence-electron chi connectivity index (χ2n) is 6.22. The quantitative estimate of drug-likeness (QED) is 0.483. The molecule has 29 heavy (non-hydrogen) atoms. The first-order chi connectivity index (χ1) is 13.9. The lowest BCUT2D eigenvalue weighted by Crippen LogP contribution is -2.41. The molecule has 2 N–H and O–H groups in total. The van der Waals surface area contributed by atoms with E-state index >= 15 is 0 Å². The van der Waals surface area contributed by atoms with Crippen molar-refractivity contribution in [2.45, 2.75) is 64.6 Å². The zero-order valence-electron chi connectivity index (χ0n) is 16.5. The maximum absolute atomic E-state index is 12.0. The van der Waals surface area contributed by atoms with Gasteiger partial charge in [-0.05, 0) is 0 Å². The third-order valence-corrected chi connectivity index (χ3v) is 4.31. The molecule has 0 bridgehead atoms. The molecule has 1 aliphatic heterocycles. The Kier molecular flexibility index (Phi) is 7.55. The van der Waals surface area contributed by atoms with E-state index in [0.29, 0.717) is 0 Å². The van der Waals surface area contributed by atoms with Crippen LogP contribution in [-0.2, 0) is 33.3 Å². The lowest BCUT2D eigenvalue weighted by atomic mass is 10.1. The number of rotatable bonds is 8. The molecule has 158 valence electrons. The standard InChI is InChI=1S/C18H24N4O7/c1-4-12(23)26-8-11-15(28-13(24)5-2)16(29-14(25)6-3)18(27-11)22-9-21-10(7-19)17(22)20/h9,11,15-16,18H,4-6,8,20H2,1-3H3/t11-,15-,16-,18?/m1/s1. The SMILES string of the molecule is CCC(=O)OC[C@H]1OC(n2cnc(C#N)c2N)[C@H](OC(=O)CC)[C@@H]1OC(=O)CC. The Morgan fingerprint density at radius 3 is 2.24 bits per heavy atom. The van der Waals surface area contributed by atoms with Crippen LogP contribution in [-0.4, -0.2) is 52.4 Å². The molecule has 2 heterocycles. The van der Waals surface area contributed by atoms with E-state index in [1.165, 1.54) is 10.9 Å². The van der Waals surface area contributed by atoms with Crippen LogP contribution in [0.4, 0.5) is 5.82 Å². The van der Waals surface area contributed by atoms with Crippen LogP contribution in [0.1, 0.15) is 52.0 Å². The van der Waals surface area contributed by atoms with Gasteiger partial charge < -0.3 is 24.7 Å². The molecule has 1 unspecified atom stereocenters. The number of anilines is 1. The van der Waals surface area contributed by atoms with Crippen molar-refractivity contribution < 1.29 is 33.3 Å². The van der Waals surface area contributed by atoms with Gasteiger partial charge in [-0.3, -0.25) is 19.0 Å². The largest absolute Gasteiger partial charge is 0.463 e. The Balaban J connectivity index is 2.39. The number of nitrogen functional groups attached to an aromatic ring is 1. The highest BCUT2D eigenvalue weighted by Crippen LogP contribution is 2.36. The smallest absolute Gasteiger partial charge is 0.306 e. The van der Waals surface area contributed by atoms with Crippen LogP contribution in [0.15, 0.2) is 6.33 Å².